The Balaban J connectivity index is 1.49. The van der Waals surface area contributed by atoms with Gasteiger partial charge in [0.2, 0.25) is 0 Å². The van der Waals surface area contributed by atoms with Gasteiger partial charge in [-0.25, -0.2) is 0 Å². The van der Waals surface area contributed by atoms with Gasteiger partial charge in [-0.15, -0.1) is 0 Å². The average Bonchev–Trinajstić information content (AvgIpc) is 3.13. The van der Waals surface area contributed by atoms with Gasteiger partial charge in [-0.1, -0.05) is 60.7 Å². The predicted molar refractivity (Wildman–Crippen MR) is 99.0 cm³/mol. The molecular weight excluding hydrogens is 310 g/mol. The fourth-order valence-corrected chi connectivity index (χ4v) is 2.82. The number of hydrogen-bond donors (Lipinski definition) is 1. The number of H-pyrrole nitrogens is 1. The van der Waals surface area contributed by atoms with Gasteiger partial charge < -0.3 is 4.98 Å². The summed E-state index contributed by atoms with van der Waals surface area (Å²) in [5, 5.41) is 0. The minimum Gasteiger partial charge on any atom is -0.362 e. The van der Waals surface area contributed by atoms with Crippen LogP contribution in [0.2, 0.25) is 0 Å². The number of benzene rings is 2. The smallest absolute Gasteiger partial charge is 0.163 e. The third kappa shape index (κ3) is 4.77. The monoisotopic (exact) mass is 331 g/mol. The number of carbonyl (C=O) groups is 2. The van der Waals surface area contributed by atoms with Crippen molar-refractivity contribution in [1.29, 1.82) is 0 Å². The lowest BCUT2D eigenvalue weighted by atomic mass is 10.1. The number of aromatic amines is 1. The number of aryl methyl sites for hydroxylation is 2. The molecule has 0 aliphatic heterocycles. The summed E-state index contributed by atoms with van der Waals surface area (Å²) in [5.74, 6) is 0.298. The molecule has 1 aromatic heterocycles. The second kappa shape index (κ2) is 8.25. The van der Waals surface area contributed by atoms with E-state index in [9.17, 15) is 9.59 Å². The lowest BCUT2D eigenvalue weighted by molar-refractivity contribution is 0.0975. The van der Waals surface area contributed by atoms with Gasteiger partial charge in [-0.3, -0.25) is 9.59 Å². The highest BCUT2D eigenvalue weighted by Crippen LogP contribution is 2.12. The highest BCUT2D eigenvalue weighted by molar-refractivity contribution is 5.96. The fraction of sp³-hybridized carbons (Fsp3) is 0.182. The first-order chi connectivity index (χ1) is 12.2. The van der Waals surface area contributed by atoms with Gasteiger partial charge in [0.25, 0.3) is 0 Å². The molecule has 0 amide bonds. The van der Waals surface area contributed by atoms with E-state index in [0.717, 1.165) is 22.5 Å². The van der Waals surface area contributed by atoms with E-state index in [1.54, 1.807) is 0 Å². The number of rotatable bonds is 8. The molecule has 0 bridgehead atoms. The number of nitrogens with one attached hydrogen (secondary N) is 1. The molecule has 2 aromatic carbocycles. The molecule has 1 heterocycles. The van der Waals surface area contributed by atoms with Crippen LogP contribution in [0.5, 0.6) is 0 Å². The summed E-state index contributed by atoms with van der Waals surface area (Å²) >= 11 is 0. The maximum absolute atomic E-state index is 12.1. The number of hydrogen-bond acceptors (Lipinski definition) is 2. The maximum Gasteiger partial charge on any atom is 0.163 e. The molecule has 0 fully saturated rings. The topological polar surface area (TPSA) is 49.9 Å². The quantitative estimate of drug-likeness (QED) is 0.611. The highest BCUT2D eigenvalue weighted by Gasteiger charge is 2.09. The molecule has 3 rings (SSSR count). The second-order valence-corrected chi connectivity index (χ2v) is 6.09. The van der Waals surface area contributed by atoms with Crippen molar-refractivity contribution in [3.05, 3.63) is 95.3 Å². The Morgan fingerprint density at radius 1 is 0.600 bits per heavy atom. The first-order valence-corrected chi connectivity index (χ1v) is 8.55. The van der Waals surface area contributed by atoms with E-state index in [-0.39, 0.29) is 11.6 Å². The minimum absolute atomic E-state index is 0.149. The van der Waals surface area contributed by atoms with Gasteiger partial charge in [-0.05, 0) is 25.0 Å². The van der Waals surface area contributed by atoms with Crippen molar-refractivity contribution in [2.75, 3.05) is 0 Å². The molecule has 3 nitrogen and oxygen atoms in total. The van der Waals surface area contributed by atoms with E-state index in [1.165, 1.54) is 0 Å². The van der Waals surface area contributed by atoms with Crippen molar-refractivity contribution < 1.29 is 9.59 Å². The summed E-state index contributed by atoms with van der Waals surface area (Å²) in [6.45, 7) is 0. The molecule has 0 unspecified atom stereocenters. The molecule has 25 heavy (non-hydrogen) atoms. The fourth-order valence-electron chi connectivity index (χ4n) is 2.82. The van der Waals surface area contributed by atoms with Gasteiger partial charge >= 0.3 is 0 Å². The van der Waals surface area contributed by atoms with E-state index in [2.05, 4.69) is 4.98 Å². The third-order valence-corrected chi connectivity index (χ3v) is 4.24. The van der Waals surface area contributed by atoms with E-state index in [4.69, 9.17) is 0 Å². The van der Waals surface area contributed by atoms with Crippen LogP contribution < -0.4 is 0 Å². The molecule has 3 aromatic rings. The van der Waals surface area contributed by atoms with Crippen LogP contribution in [0.3, 0.4) is 0 Å². The maximum atomic E-state index is 12.1. The first-order valence-electron chi connectivity index (χ1n) is 8.55. The van der Waals surface area contributed by atoms with Crippen LogP contribution in [-0.4, -0.2) is 16.6 Å². The largest absolute Gasteiger partial charge is 0.362 e. The summed E-state index contributed by atoms with van der Waals surface area (Å²) in [6.07, 6.45) is 2.32. The lowest BCUT2D eigenvalue weighted by Crippen LogP contribution is -2.02. The van der Waals surface area contributed by atoms with Crippen molar-refractivity contribution in [2.24, 2.45) is 0 Å². The summed E-state index contributed by atoms with van der Waals surface area (Å²) < 4.78 is 0. The van der Waals surface area contributed by atoms with E-state index >= 15 is 0 Å². The van der Waals surface area contributed by atoms with Crippen LogP contribution in [0.25, 0.3) is 0 Å². The van der Waals surface area contributed by atoms with Gasteiger partial charge in [-0.2, -0.15) is 0 Å². The van der Waals surface area contributed by atoms with Crippen molar-refractivity contribution in [3.63, 3.8) is 0 Å². The van der Waals surface area contributed by atoms with Crippen LogP contribution in [0.1, 0.15) is 44.9 Å². The average molecular weight is 331 g/mol. The number of carbonyl (C=O) groups excluding carboxylic acids is 2. The van der Waals surface area contributed by atoms with E-state index in [1.807, 2.05) is 72.8 Å². The molecule has 0 spiro atoms. The Morgan fingerprint density at radius 3 is 1.40 bits per heavy atom. The molecule has 0 radical (unpaired) electrons. The summed E-state index contributed by atoms with van der Waals surface area (Å²) in [6, 6.07) is 22.7. The molecule has 0 aliphatic rings. The van der Waals surface area contributed by atoms with Crippen molar-refractivity contribution in [3.8, 4) is 0 Å². The zero-order valence-corrected chi connectivity index (χ0v) is 14.1. The summed E-state index contributed by atoms with van der Waals surface area (Å²) in [5.41, 5.74) is 3.57. The Morgan fingerprint density at radius 2 is 1.00 bits per heavy atom. The molecular formula is C22H21NO2. The zero-order chi connectivity index (χ0) is 17.5. The molecule has 0 saturated heterocycles. The van der Waals surface area contributed by atoms with Crippen LogP contribution in [0.4, 0.5) is 0 Å². The van der Waals surface area contributed by atoms with Crippen LogP contribution in [0, 0.1) is 0 Å². The van der Waals surface area contributed by atoms with Gasteiger partial charge in [0.05, 0.1) is 0 Å². The number of Topliss-reactive ketones (excluding diaryl/α,β-unsaturated/α-hetero) is 2. The predicted octanol–water partition coefficient (Wildman–Crippen LogP) is 4.65. The Kier molecular flexibility index (Phi) is 5.57. The van der Waals surface area contributed by atoms with Crippen LogP contribution in [0.15, 0.2) is 72.8 Å². The normalized spacial score (nSPS) is 10.6. The minimum atomic E-state index is 0.149. The van der Waals surface area contributed by atoms with Gasteiger partial charge in [0.15, 0.2) is 11.6 Å². The molecule has 0 aliphatic carbocycles. The second-order valence-electron chi connectivity index (χ2n) is 6.09. The van der Waals surface area contributed by atoms with Gasteiger partial charge in [0.1, 0.15) is 0 Å². The van der Waals surface area contributed by atoms with Crippen molar-refractivity contribution >= 4 is 11.6 Å². The standard InChI is InChI=1S/C22H21NO2/c24-21(17-7-3-1-4-8-17)15-13-19-11-12-20(23-19)14-16-22(25)18-9-5-2-6-10-18/h1-12,23H,13-16H2. The molecule has 0 saturated carbocycles. The molecule has 1 N–H and O–H groups in total. The van der Waals surface area contributed by atoms with E-state index in [0.29, 0.717) is 25.7 Å². The Bertz CT molecular complexity index is 765. The lowest BCUT2D eigenvalue weighted by Gasteiger charge is -2.01. The summed E-state index contributed by atoms with van der Waals surface area (Å²) in [4.78, 5) is 27.6. The Labute approximate surface area is 147 Å². The van der Waals surface area contributed by atoms with Crippen LogP contribution in [-0.2, 0) is 12.8 Å². The number of aromatic nitrogens is 1. The SMILES string of the molecule is O=C(CCc1ccc(CCC(=O)c2ccccc2)[nH]1)c1ccccc1. The molecule has 126 valence electrons. The number of ketones is 2. The van der Waals surface area contributed by atoms with Crippen LogP contribution >= 0.6 is 0 Å². The van der Waals surface area contributed by atoms with Crippen molar-refractivity contribution in [1.82, 2.24) is 4.98 Å². The van der Waals surface area contributed by atoms with Gasteiger partial charge in [0, 0.05) is 35.4 Å². The first kappa shape index (κ1) is 16.9. The zero-order valence-electron chi connectivity index (χ0n) is 14.1. The summed E-state index contributed by atoms with van der Waals surface area (Å²) in [7, 11) is 0. The molecule has 0 atom stereocenters. The molecule has 3 heteroatoms. The van der Waals surface area contributed by atoms with Crippen molar-refractivity contribution in [2.45, 2.75) is 25.7 Å². The highest BCUT2D eigenvalue weighted by atomic mass is 16.1. The Hall–Kier alpha value is -2.94. The third-order valence-electron chi connectivity index (χ3n) is 4.24. The van der Waals surface area contributed by atoms with E-state index < -0.39 is 0 Å².